The van der Waals surface area contributed by atoms with Crippen molar-refractivity contribution >= 4 is 11.6 Å². The predicted molar refractivity (Wildman–Crippen MR) is 76.8 cm³/mol. The van der Waals surface area contributed by atoms with E-state index in [2.05, 4.69) is 0 Å². The van der Waals surface area contributed by atoms with Crippen molar-refractivity contribution < 1.29 is 14.7 Å². The number of hydrogen-bond donors (Lipinski definition) is 1. The molecule has 0 aromatic heterocycles. The lowest BCUT2D eigenvalue weighted by molar-refractivity contribution is 0.0743. The maximum absolute atomic E-state index is 12.4. The zero-order valence-corrected chi connectivity index (χ0v) is 11.2. The highest BCUT2D eigenvalue weighted by Crippen LogP contribution is 2.21. The highest BCUT2D eigenvalue weighted by Gasteiger charge is 2.23. The Morgan fingerprint density at radius 2 is 1.50 bits per heavy atom. The second-order valence-corrected chi connectivity index (χ2v) is 4.50. The molecule has 0 bridgehead atoms. The van der Waals surface area contributed by atoms with E-state index < -0.39 is 11.9 Å². The Kier molecular flexibility index (Phi) is 4.43. The Bertz CT molecular complexity index is 617. The summed E-state index contributed by atoms with van der Waals surface area (Å²) in [5.74, 6) is -0.553. The second-order valence-electron chi connectivity index (χ2n) is 4.50. The molecule has 0 radical (unpaired) electrons. The van der Waals surface area contributed by atoms with Crippen molar-refractivity contribution in [1.29, 1.82) is 0 Å². The van der Waals surface area contributed by atoms with Gasteiger partial charge in [-0.1, -0.05) is 61.5 Å². The summed E-state index contributed by atoms with van der Waals surface area (Å²) < 4.78 is 0. The molecule has 1 atom stereocenters. The van der Waals surface area contributed by atoms with Crippen molar-refractivity contribution in [3.8, 4) is 0 Å². The summed E-state index contributed by atoms with van der Waals surface area (Å²) in [5.41, 5.74) is 1.17. The number of aliphatic hydroxyl groups excluding tert-OH is 1. The minimum absolute atomic E-state index is 0.103. The van der Waals surface area contributed by atoms with E-state index in [4.69, 9.17) is 0 Å². The van der Waals surface area contributed by atoms with Crippen molar-refractivity contribution in [3.05, 3.63) is 71.3 Å². The third-order valence-corrected chi connectivity index (χ3v) is 3.18. The van der Waals surface area contributed by atoms with Gasteiger partial charge >= 0.3 is 0 Å². The van der Waals surface area contributed by atoms with Gasteiger partial charge in [0, 0.05) is 17.5 Å². The van der Waals surface area contributed by atoms with Gasteiger partial charge in [-0.2, -0.15) is 0 Å². The molecule has 1 N–H and O–H groups in total. The molecule has 3 heteroatoms. The fourth-order valence-electron chi connectivity index (χ4n) is 2.07. The predicted octanol–water partition coefficient (Wildman–Crippen LogP) is 3.20. The van der Waals surface area contributed by atoms with Gasteiger partial charge in [-0.15, -0.1) is 0 Å². The van der Waals surface area contributed by atoms with E-state index in [0.29, 0.717) is 17.5 Å². The molecule has 0 aliphatic carbocycles. The van der Waals surface area contributed by atoms with E-state index in [-0.39, 0.29) is 11.3 Å². The first-order valence-electron chi connectivity index (χ1n) is 6.54. The molecule has 2 aromatic rings. The topological polar surface area (TPSA) is 54.4 Å². The normalized spacial score (nSPS) is 11.9. The van der Waals surface area contributed by atoms with Crippen LogP contribution >= 0.6 is 0 Å². The van der Waals surface area contributed by atoms with Crippen LogP contribution < -0.4 is 0 Å². The molecule has 0 aliphatic heterocycles. The molecule has 0 saturated heterocycles. The van der Waals surface area contributed by atoms with E-state index in [1.807, 2.05) is 6.07 Å². The number of Topliss-reactive ketones (excluding diaryl/α,β-unsaturated/α-hetero) is 2. The van der Waals surface area contributed by atoms with Gasteiger partial charge in [-0.3, -0.25) is 9.59 Å². The van der Waals surface area contributed by atoms with Gasteiger partial charge in [0.15, 0.2) is 11.6 Å². The van der Waals surface area contributed by atoms with Crippen LogP contribution in [-0.2, 0) is 0 Å². The molecule has 0 aliphatic rings. The summed E-state index contributed by atoms with van der Waals surface area (Å²) in [4.78, 5) is 24.2. The lowest BCUT2D eigenvalue weighted by Crippen LogP contribution is -2.16. The van der Waals surface area contributed by atoms with Crippen molar-refractivity contribution in [2.45, 2.75) is 19.4 Å². The Morgan fingerprint density at radius 1 is 0.950 bits per heavy atom. The minimum Gasteiger partial charge on any atom is -0.380 e. The van der Waals surface area contributed by atoms with Crippen LogP contribution in [-0.4, -0.2) is 16.7 Å². The Morgan fingerprint density at radius 3 is 2.10 bits per heavy atom. The van der Waals surface area contributed by atoms with E-state index in [9.17, 15) is 14.7 Å². The SMILES string of the molecule is CCC(=O)c1ccccc1C(=O)C(O)c1ccccc1. The van der Waals surface area contributed by atoms with Crippen LogP contribution in [0.1, 0.15) is 45.7 Å². The summed E-state index contributed by atoms with van der Waals surface area (Å²) in [6.45, 7) is 1.75. The van der Waals surface area contributed by atoms with Crippen molar-refractivity contribution in [2.75, 3.05) is 0 Å². The molecule has 0 spiro atoms. The molecule has 2 rings (SSSR count). The summed E-state index contributed by atoms with van der Waals surface area (Å²) in [6, 6.07) is 15.3. The van der Waals surface area contributed by atoms with Gasteiger partial charge in [0.05, 0.1) is 0 Å². The molecule has 1 unspecified atom stereocenters. The molecule has 0 saturated carbocycles. The summed E-state index contributed by atoms with van der Waals surface area (Å²) in [5, 5.41) is 10.2. The summed E-state index contributed by atoms with van der Waals surface area (Å²) in [7, 11) is 0. The van der Waals surface area contributed by atoms with E-state index in [1.54, 1.807) is 55.5 Å². The number of ketones is 2. The fourth-order valence-corrected chi connectivity index (χ4v) is 2.07. The van der Waals surface area contributed by atoms with Gasteiger partial charge < -0.3 is 5.11 Å². The molecule has 3 nitrogen and oxygen atoms in total. The molecular weight excluding hydrogens is 252 g/mol. The van der Waals surface area contributed by atoms with Crippen LogP contribution in [0.25, 0.3) is 0 Å². The van der Waals surface area contributed by atoms with Gasteiger partial charge in [-0.05, 0) is 5.56 Å². The number of hydrogen-bond acceptors (Lipinski definition) is 3. The Labute approximate surface area is 117 Å². The summed E-state index contributed by atoms with van der Waals surface area (Å²) >= 11 is 0. The van der Waals surface area contributed by atoms with Crippen LogP contribution in [0.15, 0.2) is 54.6 Å². The molecular formula is C17H16O3. The fraction of sp³-hybridized carbons (Fsp3) is 0.176. The standard InChI is InChI=1S/C17H16O3/c1-2-15(18)13-10-6-7-11-14(13)17(20)16(19)12-8-4-3-5-9-12/h3-11,16,19H,2H2,1H3. The second kappa shape index (κ2) is 6.26. The molecule has 20 heavy (non-hydrogen) atoms. The number of carbonyl (C=O) groups is 2. The lowest BCUT2D eigenvalue weighted by atomic mass is 9.94. The molecule has 0 heterocycles. The molecule has 0 amide bonds. The minimum atomic E-state index is -1.25. The monoisotopic (exact) mass is 268 g/mol. The van der Waals surface area contributed by atoms with Crippen molar-refractivity contribution in [3.63, 3.8) is 0 Å². The van der Waals surface area contributed by atoms with Gasteiger partial charge in [0.1, 0.15) is 6.10 Å². The molecule has 2 aromatic carbocycles. The van der Waals surface area contributed by atoms with Crippen LogP contribution in [0.3, 0.4) is 0 Å². The van der Waals surface area contributed by atoms with Crippen molar-refractivity contribution in [2.24, 2.45) is 0 Å². The number of carbonyl (C=O) groups excluding carboxylic acids is 2. The van der Waals surface area contributed by atoms with Gasteiger partial charge in [0.2, 0.25) is 0 Å². The lowest BCUT2D eigenvalue weighted by Gasteiger charge is -2.12. The maximum atomic E-state index is 12.4. The van der Waals surface area contributed by atoms with Crippen LogP contribution in [0.5, 0.6) is 0 Å². The summed E-state index contributed by atoms with van der Waals surface area (Å²) in [6.07, 6.45) is -0.923. The van der Waals surface area contributed by atoms with Gasteiger partial charge in [0.25, 0.3) is 0 Å². The first kappa shape index (κ1) is 14.2. The van der Waals surface area contributed by atoms with E-state index in [1.165, 1.54) is 0 Å². The average molecular weight is 268 g/mol. The number of benzene rings is 2. The van der Waals surface area contributed by atoms with Crippen LogP contribution in [0.2, 0.25) is 0 Å². The Hall–Kier alpha value is -2.26. The largest absolute Gasteiger partial charge is 0.380 e. The highest BCUT2D eigenvalue weighted by molar-refractivity contribution is 6.10. The van der Waals surface area contributed by atoms with Crippen LogP contribution in [0.4, 0.5) is 0 Å². The molecule has 0 fully saturated rings. The third-order valence-electron chi connectivity index (χ3n) is 3.18. The maximum Gasteiger partial charge on any atom is 0.196 e. The van der Waals surface area contributed by atoms with Crippen molar-refractivity contribution in [1.82, 2.24) is 0 Å². The zero-order chi connectivity index (χ0) is 14.5. The number of rotatable bonds is 5. The van der Waals surface area contributed by atoms with Crippen LogP contribution in [0, 0.1) is 0 Å². The highest BCUT2D eigenvalue weighted by atomic mass is 16.3. The quantitative estimate of drug-likeness (QED) is 0.847. The van der Waals surface area contributed by atoms with E-state index >= 15 is 0 Å². The average Bonchev–Trinajstić information content (AvgIpc) is 2.53. The zero-order valence-electron chi connectivity index (χ0n) is 11.2. The first-order valence-corrected chi connectivity index (χ1v) is 6.54. The van der Waals surface area contributed by atoms with E-state index in [0.717, 1.165) is 0 Å². The molecule has 102 valence electrons. The first-order chi connectivity index (χ1) is 9.65. The Balaban J connectivity index is 2.37. The third kappa shape index (κ3) is 2.83. The smallest absolute Gasteiger partial charge is 0.196 e. The van der Waals surface area contributed by atoms with Gasteiger partial charge in [-0.25, -0.2) is 0 Å². The number of aliphatic hydroxyl groups is 1.